The van der Waals surface area contributed by atoms with E-state index >= 15 is 0 Å². The molecule has 1 fully saturated rings. The molecule has 1 saturated heterocycles. The van der Waals surface area contributed by atoms with Crippen molar-refractivity contribution in [1.29, 1.82) is 10.7 Å². The van der Waals surface area contributed by atoms with Crippen molar-refractivity contribution < 1.29 is 4.42 Å². The quantitative estimate of drug-likeness (QED) is 0.628. The van der Waals surface area contributed by atoms with Crippen molar-refractivity contribution in [2.24, 2.45) is 0 Å². The third-order valence-corrected chi connectivity index (χ3v) is 6.36. The van der Waals surface area contributed by atoms with Gasteiger partial charge >= 0.3 is 0 Å². The van der Waals surface area contributed by atoms with Crippen LogP contribution in [0.1, 0.15) is 42.1 Å². The van der Waals surface area contributed by atoms with Gasteiger partial charge in [-0.2, -0.15) is 5.26 Å². The van der Waals surface area contributed by atoms with Gasteiger partial charge in [0, 0.05) is 35.2 Å². The summed E-state index contributed by atoms with van der Waals surface area (Å²) in [6, 6.07) is 14.8. The first-order valence-electron chi connectivity index (χ1n) is 10.6. The fourth-order valence-electron chi connectivity index (χ4n) is 4.68. The molecule has 2 aromatic heterocycles. The number of pyridine rings is 1. The summed E-state index contributed by atoms with van der Waals surface area (Å²) < 4.78 is 6.52. The number of nitriles is 1. The number of hydrogen-bond donors (Lipinski definition) is 1. The number of aryl methyl sites for hydroxylation is 1. The van der Waals surface area contributed by atoms with E-state index in [1.165, 1.54) is 5.56 Å². The summed E-state index contributed by atoms with van der Waals surface area (Å²) in [5.74, 6) is 2.30. The first-order valence-corrected chi connectivity index (χ1v) is 10.6. The van der Waals surface area contributed by atoms with Gasteiger partial charge < -0.3 is 9.83 Å². The average Bonchev–Trinajstić information content (AvgIpc) is 3.39. The van der Waals surface area contributed by atoms with Gasteiger partial charge in [0.15, 0.2) is 0 Å². The summed E-state index contributed by atoms with van der Waals surface area (Å²) in [5.41, 5.74) is 6.31. The maximum absolute atomic E-state index is 8.95. The lowest BCUT2D eigenvalue weighted by Crippen LogP contribution is -2.33. The summed E-state index contributed by atoms with van der Waals surface area (Å²) in [6.45, 7) is 2.36. The van der Waals surface area contributed by atoms with Crippen LogP contribution in [0.3, 0.4) is 0 Å². The molecule has 3 aromatic rings. The van der Waals surface area contributed by atoms with Crippen molar-refractivity contribution in [2.75, 3.05) is 19.6 Å². The summed E-state index contributed by atoms with van der Waals surface area (Å²) in [4.78, 5) is 6.37. The highest BCUT2D eigenvalue weighted by molar-refractivity contribution is 6.02. The van der Waals surface area contributed by atoms with E-state index in [2.05, 4.69) is 40.2 Å². The number of aromatic nitrogens is 1. The Hall–Kier alpha value is -3.23. The molecule has 0 bridgehead atoms. The molecule has 1 aromatic carbocycles. The zero-order valence-electron chi connectivity index (χ0n) is 16.9. The largest absolute Gasteiger partial charge is 0.460 e. The van der Waals surface area contributed by atoms with Crippen molar-refractivity contribution in [3.8, 4) is 28.5 Å². The fourth-order valence-corrected chi connectivity index (χ4v) is 4.68. The minimum atomic E-state index is 0.372. The van der Waals surface area contributed by atoms with Crippen LogP contribution in [0.25, 0.3) is 22.5 Å². The second-order valence-corrected chi connectivity index (χ2v) is 8.19. The first-order chi connectivity index (χ1) is 14.7. The standard InChI is InChI=1S/C25H24N4O/c26-9-14-29-12-7-18(8-13-29)24-16-22(17-5-10-28-11-6-17)25(30-24)20-1-3-21-19(15-20)2-4-23(21)27/h1,3,5-6,10-11,15-16,18,27H,2,4,7-8,12-14H2. The second kappa shape index (κ2) is 7.89. The van der Waals surface area contributed by atoms with E-state index in [0.29, 0.717) is 12.5 Å². The maximum Gasteiger partial charge on any atom is 0.142 e. The fraction of sp³-hybridized carbons (Fsp3) is 0.320. The molecular weight excluding hydrogens is 372 g/mol. The second-order valence-electron chi connectivity index (χ2n) is 8.19. The van der Waals surface area contributed by atoms with Gasteiger partial charge in [0.1, 0.15) is 11.5 Å². The predicted molar refractivity (Wildman–Crippen MR) is 117 cm³/mol. The molecule has 3 heterocycles. The number of nitrogens with one attached hydrogen (secondary N) is 1. The van der Waals surface area contributed by atoms with Gasteiger partial charge in [0.05, 0.1) is 12.6 Å². The molecule has 2 aliphatic rings. The SMILES string of the molecule is N#CCN1CCC(c2cc(-c3ccncc3)c(-c3ccc4c(c3)CCC4=N)o2)CC1. The molecule has 150 valence electrons. The number of rotatable bonds is 4. The normalized spacial score (nSPS) is 17.1. The number of hydrogen-bond acceptors (Lipinski definition) is 5. The lowest BCUT2D eigenvalue weighted by Gasteiger charge is -2.29. The highest BCUT2D eigenvalue weighted by atomic mass is 16.3. The van der Waals surface area contributed by atoms with Crippen LogP contribution >= 0.6 is 0 Å². The van der Waals surface area contributed by atoms with Crippen molar-refractivity contribution in [3.05, 3.63) is 65.7 Å². The van der Waals surface area contributed by atoms with Gasteiger partial charge in [-0.25, -0.2) is 0 Å². The molecule has 5 heteroatoms. The third kappa shape index (κ3) is 3.44. The first kappa shape index (κ1) is 18.8. The highest BCUT2D eigenvalue weighted by Gasteiger charge is 2.26. The zero-order chi connectivity index (χ0) is 20.5. The van der Waals surface area contributed by atoms with Crippen molar-refractivity contribution in [3.63, 3.8) is 0 Å². The van der Waals surface area contributed by atoms with Crippen LogP contribution in [0.5, 0.6) is 0 Å². The third-order valence-electron chi connectivity index (χ3n) is 6.36. The smallest absolute Gasteiger partial charge is 0.142 e. The van der Waals surface area contributed by atoms with Crippen molar-refractivity contribution >= 4 is 5.71 Å². The van der Waals surface area contributed by atoms with E-state index in [9.17, 15) is 0 Å². The van der Waals surface area contributed by atoms with E-state index in [1.54, 1.807) is 0 Å². The Kier molecular flexibility index (Phi) is 4.94. The molecule has 1 aliphatic heterocycles. The molecule has 0 saturated carbocycles. The van der Waals surface area contributed by atoms with Crippen LogP contribution in [0.15, 0.2) is 53.2 Å². The van der Waals surface area contributed by atoms with Crippen LogP contribution in [0.4, 0.5) is 0 Å². The minimum Gasteiger partial charge on any atom is -0.460 e. The minimum absolute atomic E-state index is 0.372. The van der Waals surface area contributed by atoms with E-state index in [-0.39, 0.29) is 0 Å². The van der Waals surface area contributed by atoms with Gasteiger partial charge in [-0.3, -0.25) is 9.88 Å². The molecule has 0 amide bonds. The van der Waals surface area contributed by atoms with Crippen LogP contribution in [-0.4, -0.2) is 35.2 Å². The van der Waals surface area contributed by atoms with Gasteiger partial charge in [-0.05, 0) is 79.7 Å². The number of piperidine rings is 1. The Balaban J connectivity index is 1.52. The Bertz CT molecular complexity index is 1120. The van der Waals surface area contributed by atoms with Gasteiger partial charge in [0.2, 0.25) is 0 Å². The zero-order valence-corrected chi connectivity index (χ0v) is 16.9. The van der Waals surface area contributed by atoms with Crippen LogP contribution in [0.2, 0.25) is 0 Å². The lowest BCUT2D eigenvalue weighted by molar-refractivity contribution is 0.223. The molecule has 30 heavy (non-hydrogen) atoms. The van der Waals surface area contributed by atoms with Crippen molar-refractivity contribution in [2.45, 2.75) is 31.6 Å². The number of fused-ring (bicyclic) bond motifs is 1. The Morgan fingerprint density at radius 3 is 2.60 bits per heavy atom. The Morgan fingerprint density at radius 2 is 1.83 bits per heavy atom. The van der Waals surface area contributed by atoms with Gasteiger partial charge in [0.25, 0.3) is 0 Å². The average molecular weight is 396 g/mol. The van der Waals surface area contributed by atoms with E-state index in [1.807, 2.05) is 24.5 Å². The molecule has 0 spiro atoms. The van der Waals surface area contributed by atoms with E-state index < -0.39 is 0 Å². The molecule has 1 N–H and O–H groups in total. The molecule has 5 rings (SSSR count). The molecule has 0 atom stereocenters. The number of furan rings is 1. The van der Waals surface area contributed by atoms with E-state index in [4.69, 9.17) is 15.1 Å². The predicted octanol–water partition coefficient (Wildman–Crippen LogP) is 5.03. The monoisotopic (exact) mass is 396 g/mol. The number of benzene rings is 1. The molecule has 1 aliphatic carbocycles. The van der Waals surface area contributed by atoms with Crippen molar-refractivity contribution in [1.82, 2.24) is 9.88 Å². The van der Waals surface area contributed by atoms with Crippen LogP contribution in [0, 0.1) is 16.7 Å². The summed E-state index contributed by atoms with van der Waals surface area (Å²) in [6.07, 6.45) is 7.39. The lowest BCUT2D eigenvalue weighted by atomic mass is 9.93. The molecule has 0 unspecified atom stereocenters. The summed E-state index contributed by atoms with van der Waals surface area (Å²) in [5, 5.41) is 17.1. The highest BCUT2D eigenvalue weighted by Crippen LogP contribution is 2.41. The van der Waals surface area contributed by atoms with Crippen LogP contribution in [-0.2, 0) is 6.42 Å². The molecular formula is C25H24N4O. The van der Waals surface area contributed by atoms with Gasteiger partial charge in [-0.15, -0.1) is 0 Å². The topological polar surface area (TPSA) is 76.9 Å². The van der Waals surface area contributed by atoms with E-state index in [0.717, 1.165) is 78.3 Å². The summed E-state index contributed by atoms with van der Waals surface area (Å²) in [7, 11) is 0. The molecule has 0 radical (unpaired) electrons. The maximum atomic E-state index is 8.95. The Morgan fingerprint density at radius 1 is 1.03 bits per heavy atom. The van der Waals surface area contributed by atoms with Crippen LogP contribution < -0.4 is 0 Å². The number of likely N-dealkylation sites (tertiary alicyclic amines) is 1. The Labute approximate surface area is 176 Å². The summed E-state index contributed by atoms with van der Waals surface area (Å²) >= 11 is 0. The molecule has 5 nitrogen and oxygen atoms in total. The van der Waals surface area contributed by atoms with Gasteiger partial charge in [-0.1, -0.05) is 12.1 Å². The number of nitrogens with zero attached hydrogens (tertiary/aromatic N) is 3.